The van der Waals surface area contributed by atoms with Crippen LogP contribution in [0.2, 0.25) is 0 Å². The van der Waals surface area contributed by atoms with E-state index >= 15 is 0 Å². The molecule has 1 rings (SSSR count). The standard InChI is InChI=1S/C9H14N4O2/c1-10-7-5-4-6-8(11-12(2)3)9(7)13(14)15/h4-6,10-11H,1-3H3. The van der Waals surface area contributed by atoms with Crippen molar-refractivity contribution in [1.82, 2.24) is 5.01 Å². The molecule has 0 bridgehead atoms. The van der Waals surface area contributed by atoms with Gasteiger partial charge in [0.05, 0.1) is 4.92 Å². The first-order chi connectivity index (χ1) is 7.06. The number of rotatable bonds is 4. The second-order valence-electron chi connectivity index (χ2n) is 3.22. The van der Waals surface area contributed by atoms with Crippen molar-refractivity contribution in [3.8, 4) is 0 Å². The average Bonchev–Trinajstić information content (AvgIpc) is 2.15. The van der Waals surface area contributed by atoms with Gasteiger partial charge >= 0.3 is 5.69 Å². The topological polar surface area (TPSA) is 70.4 Å². The predicted molar refractivity (Wildman–Crippen MR) is 60.0 cm³/mol. The minimum atomic E-state index is -0.405. The molecule has 82 valence electrons. The van der Waals surface area contributed by atoms with Crippen LogP contribution in [0.5, 0.6) is 0 Å². The lowest BCUT2D eigenvalue weighted by atomic mass is 10.2. The van der Waals surface area contributed by atoms with Crippen molar-refractivity contribution in [1.29, 1.82) is 0 Å². The maximum absolute atomic E-state index is 10.9. The number of nitro benzene ring substituents is 1. The molecule has 0 aliphatic carbocycles. The van der Waals surface area contributed by atoms with Gasteiger partial charge in [0, 0.05) is 21.1 Å². The van der Waals surface area contributed by atoms with E-state index in [-0.39, 0.29) is 5.69 Å². The highest BCUT2D eigenvalue weighted by atomic mass is 16.6. The lowest BCUT2D eigenvalue weighted by Crippen LogP contribution is -2.20. The predicted octanol–water partition coefficient (Wildman–Crippen LogP) is 1.52. The van der Waals surface area contributed by atoms with Crippen molar-refractivity contribution in [3.05, 3.63) is 28.3 Å². The molecule has 0 heterocycles. The summed E-state index contributed by atoms with van der Waals surface area (Å²) in [5.41, 5.74) is 3.89. The van der Waals surface area contributed by atoms with E-state index in [9.17, 15) is 10.1 Å². The van der Waals surface area contributed by atoms with E-state index in [2.05, 4.69) is 10.7 Å². The zero-order chi connectivity index (χ0) is 11.4. The van der Waals surface area contributed by atoms with Crippen LogP contribution in [0.3, 0.4) is 0 Å². The summed E-state index contributed by atoms with van der Waals surface area (Å²) in [6, 6.07) is 5.09. The maximum atomic E-state index is 10.9. The van der Waals surface area contributed by atoms with Gasteiger partial charge in [0.1, 0.15) is 11.4 Å². The van der Waals surface area contributed by atoms with Crippen LogP contribution in [0.1, 0.15) is 0 Å². The first kappa shape index (κ1) is 11.3. The van der Waals surface area contributed by atoms with Gasteiger partial charge in [-0.25, -0.2) is 5.01 Å². The van der Waals surface area contributed by atoms with Crippen molar-refractivity contribution in [2.75, 3.05) is 31.9 Å². The number of hydrazine groups is 1. The van der Waals surface area contributed by atoms with E-state index in [1.165, 1.54) is 0 Å². The Balaban J connectivity index is 3.19. The Morgan fingerprint density at radius 2 is 1.93 bits per heavy atom. The minimum absolute atomic E-state index is 0.0497. The highest BCUT2D eigenvalue weighted by molar-refractivity contribution is 5.75. The van der Waals surface area contributed by atoms with Gasteiger partial charge in [0.2, 0.25) is 0 Å². The summed E-state index contributed by atoms with van der Waals surface area (Å²) >= 11 is 0. The van der Waals surface area contributed by atoms with Crippen LogP contribution in [0.4, 0.5) is 17.1 Å². The molecule has 0 fully saturated rings. The molecule has 0 atom stereocenters. The van der Waals surface area contributed by atoms with Crippen LogP contribution < -0.4 is 10.7 Å². The molecule has 6 heteroatoms. The molecule has 0 radical (unpaired) electrons. The molecule has 0 saturated carbocycles. The SMILES string of the molecule is CNc1cccc(NN(C)C)c1[N+](=O)[O-]. The van der Waals surface area contributed by atoms with E-state index < -0.39 is 4.92 Å². The molecule has 0 amide bonds. The van der Waals surface area contributed by atoms with Crippen LogP contribution in [-0.4, -0.2) is 31.1 Å². The number of hydrogen-bond donors (Lipinski definition) is 2. The molecule has 15 heavy (non-hydrogen) atoms. The van der Waals surface area contributed by atoms with Crippen molar-refractivity contribution >= 4 is 17.1 Å². The van der Waals surface area contributed by atoms with Gasteiger partial charge in [-0.2, -0.15) is 0 Å². The van der Waals surface area contributed by atoms with E-state index in [1.54, 1.807) is 44.4 Å². The summed E-state index contributed by atoms with van der Waals surface area (Å²) in [4.78, 5) is 10.5. The largest absolute Gasteiger partial charge is 0.382 e. The first-order valence-corrected chi connectivity index (χ1v) is 4.45. The third kappa shape index (κ3) is 2.57. The second kappa shape index (κ2) is 4.61. The van der Waals surface area contributed by atoms with E-state index in [1.807, 2.05) is 0 Å². The third-order valence-electron chi connectivity index (χ3n) is 1.83. The molecule has 0 saturated heterocycles. The van der Waals surface area contributed by atoms with Crippen LogP contribution in [0.15, 0.2) is 18.2 Å². The molecular weight excluding hydrogens is 196 g/mol. The van der Waals surface area contributed by atoms with Crippen LogP contribution in [-0.2, 0) is 0 Å². The fraction of sp³-hybridized carbons (Fsp3) is 0.333. The number of para-hydroxylation sites is 1. The highest BCUT2D eigenvalue weighted by Gasteiger charge is 2.18. The molecule has 0 aromatic heterocycles. The Bertz CT molecular complexity index is 365. The fourth-order valence-corrected chi connectivity index (χ4v) is 1.27. The fourth-order valence-electron chi connectivity index (χ4n) is 1.27. The van der Waals surface area contributed by atoms with Crippen molar-refractivity contribution in [2.24, 2.45) is 0 Å². The van der Waals surface area contributed by atoms with Crippen LogP contribution >= 0.6 is 0 Å². The molecule has 0 aliphatic rings. The number of nitrogens with one attached hydrogen (secondary N) is 2. The normalized spacial score (nSPS) is 10.1. The van der Waals surface area contributed by atoms with E-state index in [4.69, 9.17) is 0 Å². The van der Waals surface area contributed by atoms with Crippen molar-refractivity contribution < 1.29 is 4.92 Å². The molecule has 1 aromatic carbocycles. The van der Waals surface area contributed by atoms with E-state index in [0.29, 0.717) is 11.4 Å². The highest BCUT2D eigenvalue weighted by Crippen LogP contribution is 2.32. The summed E-state index contributed by atoms with van der Waals surface area (Å²) in [5.74, 6) is 0. The smallest absolute Gasteiger partial charge is 0.316 e. The summed E-state index contributed by atoms with van der Waals surface area (Å²) in [7, 11) is 5.20. The number of nitro groups is 1. The van der Waals surface area contributed by atoms with Gasteiger partial charge in [0.25, 0.3) is 0 Å². The van der Waals surface area contributed by atoms with Crippen molar-refractivity contribution in [3.63, 3.8) is 0 Å². The Hall–Kier alpha value is -1.82. The molecule has 0 unspecified atom stereocenters. The molecule has 6 nitrogen and oxygen atoms in total. The molecule has 0 aliphatic heterocycles. The lowest BCUT2D eigenvalue weighted by molar-refractivity contribution is -0.383. The van der Waals surface area contributed by atoms with Crippen molar-refractivity contribution in [2.45, 2.75) is 0 Å². The first-order valence-electron chi connectivity index (χ1n) is 4.45. The van der Waals surface area contributed by atoms with E-state index in [0.717, 1.165) is 0 Å². The molecule has 1 aromatic rings. The number of anilines is 2. The van der Waals surface area contributed by atoms with Gasteiger partial charge in [-0.05, 0) is 12.1 Å². The van der Waals surface area contributed by atoms with Gasteiger partial charge in [-0.3, -0.25) is 10.1 Å². The quantitative estimate of drug-likeness (QED) is 0.582. The Morgan fingerprint density at radius 3 is 2.40 bits per heavy atom. The minimum Gasteiger partial charge on any atom is -0.382 e. The van der Waals surface area contributed by atoms with Gasteiger partial charge < -0.3 is 10.7 Å². The zero-order valence-corrected chi connectivity index (χ0v) is 8.94. The summed E-state index contributed by atoms with van der Waals surface area (Å²) in [6.07, 6.45) is 0. The zero-order valence-electron chi connectivity index (χ0n) is 8.94. The number of benzene rings is 1. The van der Waals surface area contributed by atoms with Gasteiger partial charge in [-0.15, -0.1) is 0 Å². The van der Waals surface area contributed by atoms with Gasteiger partial charge in [0.15, 0.2) is 0 Å². The third-order valence-corrected chi connectivity index (χ3v) is 1.83. The summed E-state index contributed by atoms with van der Waals surface area (Å²) in [5, 5.41) is 15.3. The molecule has 0 spiro atoms. The molecular formula is C9H14N4O2. The maximum Gasteiger partial charge on any atom is 0.316 e. The second-order valence-corrected chi connectivity index (χ2v) is 3.22. The summed E-state index contributed by atoms with van der Waals surface area (Å²) in [6.45, 7) is 0. The van der Waals surface area contributed by atoms with Crippen LogP contribution in [0.25, 0.3) is 0 Å². The van der Waals surface area contributed by atoms with Gasteiger partial charge in [-0.1, -0.05) is 6.07 Å². The Morgan fingerprint density at radius 1 is 1.33 bits per heavy atom. The number of hydrogen-bond acceptors (Lipinski definition) is 5. The Labute approximate surface area is 88.0 Å². The number of nitrogens with zero attached hydrogens (tertiary/aromatic N) is 2. The molecule has 2 N–H and O–H groups in total. The lowest BCUT2D eigenvalue weighted by Gasteiger charge is -2.14. The summed E-state index contributed by atoms with van der Waals surface area (Å²) < 4.78 is 0. The average molecular weight is 210 g/mol. The Kier molecular flexibility index (Phi) is 3.46. The monoisotopic (exact) mass is 210 g/mol. The van der Waals surface area contributed by atoms with Crippen LogP contribution in [0, 0.1) is 10.1 Å².